The second kappa shape index (κ2) is 6.87. The van der Waals surface area contributed by atoms with Crippen molar-refractivity contribution in [1.82, 2.24) is 5.32 Å². The first kappa shape index (κ1) is 15.9. The van der Waals surface area contributed by atoms with Crippen molar-refractivity contribution < 1.29 is 9.50 Å². The van der Waals surface area contributed by atoms with Gasteiger partial charge in [0.05, 0.1) is 11.8 Å². The van der Waals surface area contributed by atoms with Crippen LogP contribution in [0.25, 0.3) is 0 Å². The van der Waals surface area contributed by atoms with E-state index in [1.807, 2.05) is 32.6 Å². The number of halogens is 1. The third-order valence-electron chi connectivity index (χ3n) is 2.87. The molecular weight excluding hydrogens is 243 g/mol. The van der Waals surface area contributed by atoms with Crippen molar-refractivity contribution in [2.45, 2.75) is 39.3 Å². The molecule has 0 bridgehead atoms. The van der Waals surface area contributed by atoms with Gasteiger partial charge < -0.3 is 15.3 Å². The molecule has 1 unspecified atom stereocenters. The highest BCUT2D eigenvalue weighted by atomic mass is 19.1. The highest BCUT2D eigenvalue weighted by Crippen LogP contribution is 2.18. The van der Waals surface area contributed by atoms with Crippen LogP contribution in [0, 0.1) is 5.82 Å². The van der Waals surface area contributed by atoms with Crippen LogP contribution in [0.5, 0.6) is 0 Å². The number of aliphatic hydroxyl groups is 1. The first-order valence-corrected chi connectivity index (χ1v) is 6.76. The molecule has 0 heterocycles. The van der Waals surface area contributed by atoms with E-state index >= 15 is 0 Å². The summed E-state index contributed by atoms with van der Waals surface area (Å²) in [5, 5.41) is 13.3. The molecule has 4 heteroatoms. The Labute approximate surface area is 115 Å². The Morgan fingerprint density at radius 1 is 1.32 bits per heavy atom. The lowest BCUT2D eigenvalue weighted by atomic mass is 10.1. The van der Waals surface area contributed by atoms with E-state index in [9.17, 15) is 9.50 Å². The summed E-state index contributed by atoms with van der Waals surface area (Å²) in [6.45, 7) is 9.68. The maximum atomic E-state index is 13.7. The fourth-order valence-corrected chi connectivity index (χ4v) is 1.85. The molecule has 0 fully saturated rings. The largest absolute Gasteiger partial charge is 0.390 e. The molecular formula is C15H25FN2O. The Morgan fingerprint density at radius 3 is 2.47 bits per heavy atom. The van der Waals surface area contributed by atoms with Crippen LogP contribution in [0.1, 0.15) is 27.7 Å². The number of hydrogen-bond acceptors (Lipinski definition) is 3. The Bertz CT molecular complexity index is 390. The molecule has 0 aliphatic carbocycles. The van der Waals surface area contributed by atoms with Gasteiger partial charge in [-0.3, -0.25) is 0 Å². The van der Waals surface area contributed by atoms with Crippen LogP contribution in [0.15, 0.2) is 24.3 Å². The molecule has 0 saturated carbocycles. The van der Waals surface area contributed by atoms with E-state index in [4.69, 9.17) is 0 Å². The third-order valence-corrected chi connectivity index (χ3v) is 2.87. The standard InChI is InChI=1S/C15H25FN2O/c1-5-18(14-9-7-6-8-13(14)16)11-12(19)10-17-15(2,3)4/h6-9,12,17,19H,5,10-11H2,1-4H3. The van der Waals surface area contributed by atoms with Crippen LogP contribution in [0.4, 0.5) is 10.1 Å². The predicted octanol–water partition coefficient (Wildman–Crippen LogP) is 2.40. The van der Waals surface area contributed by atoms with Crippen LogP contribution >= 0.6 is 0 Å². The Morgan fingerprint density at radius 2 is 1.95 bits per heavy atom. The average Bonchev–Trinajstić information content (AvgIpc) is 2.33. The fraction of sp³-hybridized carbons (Fsp3) is 0.600. The van der Waals surface area contributed by atoms with Crippen molar-refractivity contribution in [1.29, 1.82) is 0 Å². The highest BCUT2D eigenvalue weighted by Gasteiger charge is 2.16. The normalized spacial score (nSPS) is 13.4. The molecule has 1 atom stereocenters. The molecule has 0 radical (unpaired) electrons. The van der Waals surface area contributed by atoms with E-state index in [0.717, 1.165) is 0 Å². The molecule has 0 saturated heterocycles. The molecule has 19 heavy (non-hydrogen) atoms. The molecule has 1 rings (SSSR count). The van der Waals surface area contributed by atoms with Gasteiger partial charge >= 0.3 is 0 Å². The Hall–Kier alpha value is -1.13. The molecule has 1 aromatic rings. The number of benzene rings is 1. The lowest BCUT2D eigenvalue weighted by Crippen LogP contribution is -2.45. The van der Waals surface area contributed by atoms with E-state index in [2.05, 4.69) is 5.32 Å². The van der Waals surface area contributed by atoms with E-state index in [0.29, 0.717) is 25.3 Å². The van der Waals surface area contributed by atoms with Gasteiger partial charge in [0.1, 0.15) is 5.82 Å². The second-order valence-corrected chi connectivity index (χ2v) is 5.77. The smallest absolute Gasteiger partial charge is 0.146 e. The van der Waals surface area contributed by atoms with E-state index in [1.165, 1.54) is 6.07 Å². The highest BCUT2D eigenvalue weighted by molar-refractivity contribution is 5.47. The van der Waals surface area contributed by atoms with Gasteiger partial charge in [-0.1, -0.05) is 12.1 Å². The van der Waals surface area contributed by atoms with Crippen LogP contribution in [-0.2, 0) is 0 Å². The van der Waals surface area contributed by atoms with Gasteiger partial charge in [-0.05, 0) is 39.8 Å². The van der Waals surface area contributed by atoms with Crippen LogP contribution in [0.2, 0.25) is 0 Å². The van der Waals surface area contributed by atoms with Gasteiger partial charge in [-0.15, -0.1) is 0 Å². The lowest BCUT2D eigenvalue weighted by molar-refractivity contribution is 0.165. The minimum Gasteiger partial charge on any atom is -0.390 e. The minimum absolute atomic E-state index is 0.0317. The number of likely N-dealkylation sites (N-methyl/N-ethyl adjacent to an activating group) is 1. The number of nitrogens with one attached hydrogen (secondary N) is 1. The lowest BCUT2D eigenvalue weighted by Gasteiger charge is -2.28. The molecule has 0 amide bonds. The van der Waals surface area contributed by atoms with Gasteiger partial charge in [0, 0.05) is 25.2 Å². The van der Waals surface area contributed by atoms with Crippen molar-refractivity contribution in [3.63, 3.8) is 0 Å². The summed E-state index contributed by atoms with van der Waals surface area (Å²) in [7, 11) is 0. The number of β-amino-alcohol motifs (C(OH)–C–C–N with tert-alkyl or cyclic N) is 1. The number of hydrogen-bond donors (Lipinski definition) is 2. The van der Waals surface area contributed by atoms with Crippen molar-refractivity contribution in [3.05, 3.63) is 30.1 Å². The molecule has 1 aromatic carbocycles. The van der Waals surface area contributed by atoms with Crippen LogP contribution in [0.3, 0.4) is 0 Å². The summed E-state index contributed by atoms with van der Waals surface area (Å²) in [6, 6.07) is 6.66. The molecule has 0 aromatic heterocycles. The van der Waals surface area contributed by atoms with E-state index < -0.39 is 6.10 Å². The monoisotopic (exact) mass is 268 g/mol. The summed E-state index contributed by atoms with van der Waals surface area (Å²) >= 11 is 0. The van der Waals surface area contributed by atoms with E-state index in [-0.39, 0.29) is 11.4 Å². The predicted molar refractivity (Wildman–Crippen MR) is 78.0 cm³/mol. The number of anilines is 1. The van der Waals surface area contributed by atoms with Gasteiger partial charge in [0.25, 0.3) is 0 Å². The topological polar surface area (TPSA) is 35.5 Å². The van der Waals surface area contributed by atoms with Crippen LogP contribution in [-0.4, -0.2) is 36.4 Å². The van der Waals surface area contributed by atoms with Gasteiger partial charge in [0.15, 0.2) is 0 Å². The molecule has 0 spiro atoms. The van der Waals surface area contributed by atoms with Gasteiger partial charge in [-0.25, -0.2) is 4.39 Å². The second-order valence-electron chi connectivity index (χ2n) is 5.77. The zero-order valence-electron chi connectivity index (χ0n) is 12.3. The number of nitrogens with zero attached hydrogens (tertiary/aromatic N) is 1. The quantitative estimate of drug-likeness (QED) is 0.831. The SMILES string of the molecule is CCN(CC(O)CNC(C)(C)C)c1ccccc1F. The summed E-state index contributed by atoms with van der Waals surface area (Å²) < 4.78 is 13.7. The Balaban J connectivity index is 2.60. The number of aliphatic hydroxyl groups excluding tert-OH is 1. The van der Waals surface area contributed by atoms with Crippen molar-refractivity contribution in [2.75, 3.05) is 24.5 Å². The fourth-order valence-electron chi connectivity index (χ4n) is 1.85. The number of para-hydroxylation sites is 1. The first-order valence-electron chi connectivity index (χ1n) is 6.76. The van der Waals surface area contributed by atoms with Crippen molar-refractivity contribution in [3.8, 4) is 0 Å². The van der Waals surface area contributed by atoms with E-state index in [1.54, 1.807) is 18.2 Å². The van der Waals surface area contributed by atoms with Crippen molar-refractivity contribution in [2.24, 2.45) is 0 Å². The summed E-state index contributed by atoms with van der Waals surface area (Å²) in [6.07, 6.45) is -0.529. The maximum Gasteiger partial charge on any atom is 0.146 e. The zero-order chi connectivity index (χ0) is 14.5. The number of rotatable bonds is 6. The van der Waals surface area contributed by atoms with Gasteiger partial charge in [0.2, 0.25) is 0 Å². The molecule has 2 N–H and O–H groups in total. The third kappa shape index (κ3) is 5.57. The molecule has 108 valence electrons. The molecule has 0 aliphatic rings. The summed E-state index contributed by atoms with van der Waals surface area (Å²) in [4.78, 5) is 1.85. The minimum atomic E-state index is -0.529. The first-order chi connectivity index (χ1) is 8.83. The zero-order valence-corrected chi connectivity index (χ0v) is 12.3. The van der Waals surface area contributed by atoms with Crippen LogP contribution < -0.4 is 10.2 Å². The van der Waals surface area contributed by atoms with Gasteiger partial charge in [-0.2, -0.15) is 0 Å². The summed E-state index contributed by atoms with van der Waals surface area (Å²) in [5.74, 6) is -0.250. The average molecular weight is 268 g/mol. The summed E-state index contributed by atoms with van der Waals surface area (Å²) in [5.41, 5.74) is 0.510. The maximum absolute atomic E-state index is 13.7. The molecule has 3 nitrogen and oxygen atoms in total. The van der Waals surface area contributed by atoms with Crippen molar-refractivity contribution >= 4 is 5.69 Å². The Kier molecular flexibility index (Phi) is 5.76. The molecule has 0 aliphatic heterocycles.